The van der Waals surface area contributed by atoms with Gasteiger partial charge in [0.05, 0.1) is 0 Å². The van der Waals surface area contributed by atoms with Crippen molar-refractivity contribution in [2.45, 2.75) is 89.9 Å². The van der Waals surface area contributed by atoms with Gasteiger partial charge < -0.3 is 4.98 Å². The van der Waals surface area contributed by atoms with Crippen LogP contribution in [0.4, 0.5) is 0 Å². The van der Waals surface area contributed by atoms with Crippen molar-refractivity contribution in [3.63, 3.8) is 0 Å². The van der Waals surface area contributed by atoms with E-state index in [-0.39, 0.29) is 0 Å². The summed E-state index contributed by atoms with van der Waals surface area (Å²) in [6.45, 7) is 0. The smallest absolute Gasteiger partial charge is 0.0453 e. The van der Waals surface area contributed by atoms with Gasteiger partial charge in [0, 0.05) is 11.7 Å². The van der Waals surface area contributed by atoms with E-state index in [4.69, 9.17) is 0 Å². The summed E-state index contributed by atoms with van der Waals surface area (Å²) in [6.07, 6.45) is 23.4. The van der Waals surface area contributed by atoms with Gasteiger partial charge in [-0.05, 0) is 29.4 Å². The number of nitrogens with one attached hydrogen (secondary N) is 1. The van der Waals surface area contributed by atoms with Crippen LogP contribution in [0.3, 0.4) is 0 Å². The van der Waals surface area contributed by atoms with Crippen LogP contribution in [-0.2, 0) is 0 Å². The third-order valence-electron chi connectivity index (χ3n) is 6.43. The van der Waals surface area contributed by atoms with E-state index < -0.39 is 0 Å². The molecule has 4 rings (SSSR count). The lowest BCUT2D eigenvalue weighted by atomic mass is 9.76. The summed E-state index contributed by atoms with van der Waals surface area (Å²) < 4.78 is 0. The molecule has 0 atom stereocenters. The SMILES string of the molecule is C1CCCC(C2CCCCCCC2)CCC1.c1ccc2[nH]ccc2c1. The first kappa shape index (κ1) is 18.5. The first-order chi connectivity index (χ1) is 12.4. The highest BCUT2D eigenvalue weighted by molar-refractivity contribution is 5.78. The Morgan fingerprint density at radius 1 is 0.560 bits per heavy atom. The minimum Gasteiger partial charge on any atom is -0.361 e. The van der Waals surface area contributed by atoms with E-state index in [0.29, 0.717) is 0 Å². The molecule has 1 nitrogen and oxygen atoms in total. The first-order valence-electron chi connectivity index (χ1n) is 11.0. The van der Waals surface area contributed by atoms with E-state index >= 15 is 0 Å². The normalized spacial score (nSPS) is 21.4. The monoisotopic (exact) mass is 339 g/mol. The van der Waals surface area contributed by atoms with Crippen molar-refractivity contribution >= 4 is 10.9 Å². The van der Waals surface area contributed by atoms with E-state index in [0.717, 1.165) is 11.8 Å². The van der Waals surface area contributed by atoms with Crippen molar-refractivity contribution in [3.8, 4) is 0 Å². The van der Waals surface area contributed by atoms with Gasteiger partial charge >= 0.3 is 0 Å². The third kappa shape index (κ3) is 6.20. The molecule has 1 heterocycles. The van der Waals surface area contributed by atoms with Gasteiger partial charge in [0.2, 0.25) is 0 Å². The predicted molar refractivity (Wildman–Crippen MR) is 110 cm³/mol. The topological polar surface area (TPSA) is 15.8 Å². The van der Waals surface area contributed by atoms with E-state index in [1.165, 1.54) is 75.1 Å². The summed E-state index contributed by atoms with van der Waals surface area (Å²) in [5, 5.41) is 1.28. The van der Waals surface area contributed by atoms with E-state index in [1.807, 2.05) is 18.3 Å². The lowest BCUT2D eigenvalue weighted by Crippen LogP contribution is -2.17. The summed E-state index contributed by atoms with van der Waals surface area (Å²) in [5.41, 5.74) is 1.21. The van der Waals surface area contributed by atoms with Gasteiger partial charge in [-0.2, -0.15) is 0 Å². The number of hydrogen-bond donors (Lipinski definition) is 1. The van der Waals surface area contributed by atoms with Gasteiger partial charge in [-0.15, -0.1) is 0 Å². The second kappa shape index (κ2) is 10.7. The minimum absolute atomic E-state index is 1.11. The highest BCUT2D eigenvalue weighted by Crippen LogP contribution is 2.35. The van der Waals surface area contributed by atoms with E-state index in [2.05, 4.69) is 23.2 Å². The molecule has 0 saturated heterocycles. The fraction of sp³-hybridized carbons (Fsp3) is 0.667. The van der Waals surface area contributed by atoms with Gasteiger partial charge in [-0.25, -0.2) is 0 Å². The molecule has 0 radical (unpaired) electrons. The van der Waals surface area contributed by atoms with E-state index in [1.54, 1.807) is 25.7 Å². The predicted octanol–water partition coefficient (Wildman–Crippen LogP) is 7.88. The maximum atomic E-state index is 3.12. The molecule has 138 valence electrons. The Labute approximate surface area is 154 Å². The standard InChI is InChI=1S/C16H30.C8H7N/c1-3-7-11-15(12-8-4-1)16-13-9-5-2-6-10-14-16;1-2-4-8-7(3-1)5-6-9-8/h15-16H,1-14H2;1-6,9H. The Hall–Kier alpha value is -1.24. The van der Waals surface area contributed by atoms with Gasteiger partial charge in [0.15, 0.2) is 0 Å². The zero-order valence-electron chi connectivity index (χ0n) is 16.0. The van der Waals surface area contributed by atoms with Gasteiger partial charge in [-0.3, -0.25) is 0 Å². The average Bonchev–Trinajstić information content (AvgIpc) is 3.04. The lowest BCUT2D eigenvalue weighted by Gasteiger charge is -2.30. The van der Waals surface area contributed by atoms with Crippen LogP contribution in [0, 0.1) is 11.8 Å². The fourth-order valence-corrected chi connectivity index (χ4v) is 4.91. The molecule has 0 unspecified atom stereocenters. The molecule has 0 spiro atoms. The fourth-order valence-electron chi connectivity index (χ4n) is 4.91. The van der Waals surface area contributed by atoms with Gasteiger partial charge in [0.25, 0.3) is 0 Å². The molecule has 2 aliphatic rings. The number of hydrogen-bond acceptors (Lipinski definition) is 0. The number of aromatic amines is 1. The lowest BCUT2D eigenvalue weighted by molar-refractivity contribution is 0.221. The highest BCUT2D eigenvalue weighted by Gasteiger charge is 2.22. The van der Waals surface area contributed by atoms with Gasteiger partial charge in [-0.1, -0.05) is 108 Å². The van der Waals surface area contributed by atoms with Crippen LogP contribution in [0.25, 0.3) is 10.9 Å². The van der Waals surface area contributed by atoms with Crippen molar-refractivity contribution in [1.29, 1.82) is 0 Å². The summed E-state index contributed by atoms with van der Waals surface area (Å²) >= 11 is 0. The maximum absolute atomic E-state index is 3.12. The quantitative estimate of drug-likeness (QED) is 0.544. The largest absolute Gasteiger partial charge is 0.361 e. The Morgan fingerprint density at radius 3 is 1.56 bits per heavy atom. The van der Waals surface area contributed by atoms with Crippen LogP contribution in [0.5, 0.6) is 0 Å². The zero-order chi connectivity index (χ0) is 17.2. The molecular formula is C24H37N. The Bertz CT molecular complexity index is 518. The van der Waals surface area contributed by atoms with Gasteiger partial charge in [0.1, 0.15) is 0 Å². The number of aromatic nitrogens is 1. The zero-order valence-corrected chi connectivity index (χ0v) is 16.0. The molecule has 2 fully saturated rings. The first-order valence-corrected chi connectivity index (χ1v) is 11.0. The van der Waals surface area contributed by atoms with E-state index in [9.17, 15) is 0 Å². The van der Waals surface area contributed by atoms with Crippen LogP contribution < -0.4 is 0 Å². The molecular weight excluding hydrogens is 302 g/mol. The summed E-state index contributed by atoms with van der Waals surface area (Å²) in [5.74, 6) is 2.22. The summed E-state index contributed by atoms with van der Waals surface area (Å²) in [4.78, 5) is 3.12. The highest BCUT2D eigenvalue weighted by atomic mass is 14.7. The Kier molecular flexibility index (Phi) is 7.93. The van der Waals surface area contributed by atoms with Crippen molar-refractivity contribution in [1.82, 2.24) is 4.98 Å². The molecule has 2 aliphatic carbocycles. The molecule has 1 heteroatoms. The van der Waals surface area contributed by atoms with Crippen LogP contribution in [0.15, 0.2) is 36.5 Å². The second-order valence-electron chi connectivity index (χ2n) is 8.28. The second-order valence-corrected chi connectivity index (χ2v) is 8.28. The molecule has 2 saturated carbocycles. The van der Waals surface area contributed by atoms with Crippen LogP contribution in [0.1, 0.15) is 89.9 Å². The van der Waals surface area contributed by atoms with Crippen molar-refractivity contribution < 1.29 is 0 Å². The molecule has 0 amide bonds. The maximum Gasteiger partial charge on any atom is 0.0453 e. The average molecular weight is 340 g/mol. The van der Waals surface area contributed by atoms with Crippen LogP contribution >= 0.6 is 0 Å². The van der Waals surface area contributed by atoms with Crippen LogP contribution in [-0.4, -0.2) is 4.98 Å². The minimum atomic E-state index is 1.11. The number of fused-ring (bicyclic) bond motifs is 1. The van der Waals surface area contributed by atoms with Crippen molar-refractivity contribution in [2.24, 2.45) is 11.8 Å². The summed E-state index contributed by atoms with van der Waals surface area (Å²) in [6, 6.07) is 10.3. The third-order valence-corrected chi connectivity index (χ3v) is 6.43. The molecule has 0 aliphatic heterocycles. The van der Waals surface area contributed by atoms with Crippen molar-refractivity contribution in [3.05, 3.63) is 36.5 Å². The molecule has 1 aromatic carbocycles. The molecule has 1 aromatic heterocycles. The number of para-hydroxylation sites is 1. The van der Waals surface area contributed by atoms with Crippen molar-refractivity contribution in [2.75, 3.05) is 0 Å². The van der Waals surface area contributed by atoms with Crippen LogP contribution in [0.2, 0.25) is 0 Å². The summed E-state index contributed by atoms with van der Waals surface area (Å²) in [7, 11) is 0. The number of benzene rings is 1. The Balaban J connectivity index is 0.000000170. The molecule has 0 bridgehead atoms. The Morgan fingerprint density at radius 2 is 1.04 bits per heavy atom. The molecule has 1 N–H and O–H groups in total. The molecule has 25 heavy (non-hydrogen) atoms. The number of rotatable bonds is 1. The molecule has 2 aromatic rings. The number of H-pyrrole nitrogens is 1.